The zero-order valence-electron chi connectivity index (χ0n) is 10.9. The molecular weight excluding hydrogens is 294 g/mol. The molecule has 2 N–H and O–H groups in total. The number of hydrogen-bond donors (Lipinski definition) is 2. The monoisotopic (exact) mass is 305 g/mol. The van der Waals surface area contributed by atoms with Crippen LogP contribution >= 0.6 is 11.6 Å². The van der Waals surface area contributed by atoms with Crippen molar-refractivity contribution in [1.29, 1.82) is 0 Å². The van der Waals surface area contributed by atoms with Gasteiger partial charge in [-0.05, 0) is 24.3 Å². The molecule has 0 heterocycles. The van der Waals surface area contributed by atoms with Gasteiger partial charge in [-0.15, -0.1) is 0 Å². The summed E-state index contributed by atoms with van der Waals surface area (Å²) >= 11 is 5.96. The van der Waals surface area contributed by atoms with Crippen LogP contribution in [0.4, 0.5) is 5.69 Å². The Morgan fingerprint density at radius 3 is 2.48 bits per heavy atom. The van der Waals surface area contributed by atoms with Gasteiger partial charge in [0.15, 0.2) is 6.61 Å². The fraction of sp³-hybridized carbons (Fsp3) is 0.0667. The standard InChI is InChI=1S/C15H12ClNO4/c16-11-6-2-1-5-10(11)15(20)17-12-7-3-4-8-13(12)21-9-14(18)19/h1-8H,9H2,(H,17,20)(H,18,19). The Balaban J connectivity index is 2.18. The normalized spacial score (nSPS) is 9.95. The second kappa shape index (κ2) is 6.76. The van der Waals surface area contributed by atoms with Gasteiger partial charge in [0, 0.05) is 0 Å². The highest BCUT2D eigenvalue weighted by Crippen LogP contribution is 2.25. The van der Waals surface area contributed by atoms with E-state index in [1.54, 1.807) is 48.5 Å². The van der Waals surface area contributed by atoms with Crippen LogP contribution in [0.3, 0.4) is 0 Å². The van der Waals surface area contributed by atoms with E-state index in [-0.39, 0.29) is 5.75 Å². The van der Waals surface area contributed by atoms with Gasteiger partial charge in [0.05, 0.1) is 16.3 Å². The van der Waals surface area contributed by atoms with Crippen molar-refractivity contribution in [3.63, 3.8) is 0 Å². The van der Waals surface area contributed by atoms with Crippen molar-refractivity contribution >= 4 is 29.2 Å². The molecule has 2 rings (SSSR count). The Morgan fingerprint density at radius 1 is 1.10 bits per heavy atom. The van der Waals surface area contributed by atoms with Crippen LogP contribution in [0.5, 0.6) is 5.75 Å². The molecule has 0 bridgehead atoms. The van der Waals surface area contributed by atoms with Crippen molar-refractivity contribution in [3.05, 3.63) is 59.1 Å². The summed E-state index contributed by atoms with van der Waals surface area (Å²) in [4.78, 5) is 22.7. The SMILES string of the molecule is O=C(O)COc1ccccc1NC(=O)c1ccccc1Cl. The van der Waals surface area contributed by atoms with E-state index in [1.165, 1.54) is 0 Å². The van der Waals surface area contributed by atoms with Gasteiger partial charge >= 0.3 is 5.97 Å². The molecule has 0 aromatic heterocycles. The summed E-state index contributed by atoms with van der Waals surface area (Å²) < 4.78 is 5.12. The van der Waals surface area contributed by atoms with Gasteiger partial charge in [0.2, 0.25) is 0 Å². The molecule has 108 valence electrons. The molecule has 0 aliphatic carbocycles. The first-order valence-corrected chi connectivity index (χ1v) is 6.45. The Labute approximate surface area is 126 Å². The lowest BCUT2D eigenvalue weighted by molar-refractivity contribution is -0.139. The first-order chi connectivity index (χ1) is 10.1. The summed E-state index contributed by atoms with van der Waals surface area (Å²) in [5.74, 6) is -1.21. The third-order valence-corrected chi connectivity index (χ3v) is 2.93. The van der Waals surface area contributed by atoms with Crippen molar-refractivity contribution in [3.8, 4) is 5.75 Å². The molecule has 6 heteroatoms. The predicted molar refractivity (Wildman–Crippen MR) is 79.0 cm³/mol. The summed E-state index contributed by atoms with van der Waals surface area (Å²) in [7, 11) is 0. The average Bonchev–Trinajstić information content (AvgIpc) is 2.46. The highest BCUT2D eigenvalue weighted by atomic mass is 35.5. The van der Waals surface area contributed by atoms with Gasteiger partial charge in [-0.1, -0.05) is 35.9 Å². The maximum Gasteiger partial charge on any atom is 0.341 e. The van der Waals surface area contributed by atoms with Crippen molar-refractivity contribution in [1.82, 2.24) is 0 Å². The summed E-state index contributed by atoms with van der Waals surface area (Å²) in [6.07, 6.45) is 0. The van der Waals surface area contributed by atoms with E-state index in [0.29, 0.717) is 16.3 Å². The number of nitrogens with one attached hydrogen (secondary N) is 1. The molecule has 0 atom stereocenters. The van der Waals surface area contributed by atoms with Crippen LogP contribution in [0.25, 0.3) is 0 Å². The molecule has 2 aromatic carbocycles. The van der Waals surface area contributed by atoms with Crippen LogP contribution < -0.4 is 10.1 Å². The molecule has 2 aromatic rings. The second-order valence-electron chi connectivity index (χ2n) is 4.11. The fourth-order valence-corrected chi connectivity index (χ4v) is 1.89. The number of carboxylic acids is 1. The number of carboxylic acid groups (broad SMARTS) is 1. The maximum atomic E-state index is 12.2. The summed E-state index contributed by atoms with van der Waals surface area (Å²) in [6, 6.07) is 13.2. The van der Waals surface area contributed by atoms with Crippen LogP contribution in [0.2, 0.25) is 5.02 Å². The number of anilines is 1. The van der Waals surface area contributed by atoms with Gasteiger partial charge in [-0.2, -0.15) is 0 Å². The number of halogens is 1. The van der Waals surface area contributed by atoms with Crippen molar-refractivity contribution in [2.24, 2.45) is 0 Å². The quantitative estimate of drug-likeness (QED) is 0.890. The minimum Gasteiger partial charge on any atom is -0.480 e. The van der Waals surface area contributed by atoms with Gasteiger partial charge in [-0.3, -0.25) is 4.79 Å². The average molecular weight is 306 g/mol. The van der Waals surface area contributed by atoms with Crippen molar-refractivity contribution in [2.75, 3.05) is 11.9 Å². The molecule has 5 nitrogen and oxygen atoms in total. The van der Waals surface area contributed by atoms with E-state index in [1.807, 2.05) is 0 Å². The first kappa shape index (κ1) is 14.9. The van der Waals surface area contributed by atoms with Crippen molar-refractivity contribution in [2.45, 2.75) is 0 Å². The van der Waals surface area contributed by atoms with Gasteiger partial charge in [0.1, 0.15) is 5.75 Å². The van der Waals surface area contributed by atoms with E-state index >= 15 is 0 Å². The summed E-state index contributed by atoms with van der Waals surface area (Å²) in [5.41, 5.74) is 0.705. The number of ether oxygens (including phenoxy) is 1. The highest BCUT2D eigenvalue weighted by Gasteiger charge is 2.12. The molecule has 1 amide bonds. The molecule has 0 fully saturated rings. The number of benzene rings is 2. The Morgan fingerprint density at radius 2 is 1.76 bits per heavy atom. The van der Waals surface area contributed by atoms with E-state index < -0.39 is 18.5 Å². The summed E-state index contributed by atoms with van der Waals surface area (Å²) in [5, 5.41) is 11.6. The zero-order chi connectivity index (χ0) is 15.2. The molecule has 0 aliphatic rings. The number of amides is 1. The third-order valence-electron chi connectivity index (χ3n) is 2.60. The lowest BCUT2D eigenvalue weighted by Crippen LogP contribution is -2.15. The molecular formula is C15H12ClNO4. The molecule has 0 unspecified atom stereocenters. The number of carbonyl (C=O) groups excluding carboxylic acids is 1. The number of hydrogen-bond acceptors (Lipinski definition) is 3. The largest absolute Gasteiger partial charge is 0.480 e. The van der Waals surface area contributed by atoms with Gasteiger partial charge in [-0.25, -0.2) is 4.79 Å². The molecule has 0 saturated carbocycles. The lowest BCUT2D eigenvalue weighted by atomic mass is 10.2. The number of rotatable bonds is 5. The van der Waals surface area contributed by atoms with Crippen LogP contribution in [-0.4, -0.2) is 23.6 Å². The van der Waals surface area contributed by atoms with E-state index in [0.717, 1.165) is 0 Å². The molecule has 0 radical (unpaired) electrons. The maximum absolute atomic E-state index is 12.2. The lowest BCUT2D eigenvalue weighted by Gasteiger charge is -2.11. The molecule has 0 spiro atoms. The Bertz CT molecular complexity index is 672. The van der Waals surface area contributed by atoms with Crippen LogP contribution in [0.1, 0.15) is 10.4 Å². The zero-order valence-corrected chi connectivity index (χ0v) is 11.6. The van der Waals surface area contributed by atoms with Crippen LogP contribution in [0, 0.1) is 0 Å². The van der Waals surface area contributed by atoms with Crippen LogP contribution in [0.15, 0.2) is 48.5 Å². The van der Waals surface area contributed by atoms with E-state index in [9.17, 15) is 9.59 Å². The van der Waals surface area contributed by atoms with E-state index in [2.05, 4.69) is 5.32 Å². The van der Waals surface area contributed by atoms with Crippen LogP contribution in [-0.2, 0) is 4.79 Å². The molecule has 0 aliphatic heterocycles. The number of para-hydroxylation sites is 2. The minimum absolute atomic E-state index is 0.278. The van der Waals surface area contributed by atoms with Gasteiger partial charge < -0.3 is 15.2 Å². The number of carbonyl (C=O) groups is 2. The number of aliphatic carboxylic acids is 1. The molecule has 0 saturated heterocycles. The highest BCUT2D eigenvalue weighted by molar-refractivity contribution is 6.34. The topological polar surface area (TPSA) is 75.6 Å². The second-order valence-corrected chi connectivity index (χ2v) is 4.52. The van der Waals surface area contributed by atoms with Crippen molar-refractivity contribution < 1.29 is 19.4 Å². The van der Waals surface area contributed by atoms with Gasteiger partial charge in [0.25, 0.3) is 5.91 Å². The molecule has 21 heavy (non-hydrogen) atoms. The smallest absolute Gasteiger partial charge is 0.341 e. The van der Waals surface area contributed by atoms with E-state index in [4.69, 9.17) is 21.4 Å². The summed E-state index contributed by atoms with van der Waals surface area (Å²) in [6.45, 7) is -0.487. The first-order valence-electron chi connectivity index (χ1n) is 6.07. The third kappa shape index (κ3) is 3.97. The fourth-order valence-electron chi connectivity index (χ4n) is 1.67. The Hall–Kier alpha value is -2.53. The predicted octanol–water partition coefficient (Wildman–Crippen LogP) is 3.06. The minimum atomic E-state index is -1.10. The Kier molecular flexibility index (Phi) is 4.79.